The van der Waals surface area contributed by atoms with Crippen molar-refractivity contribution in [3.05, 3.63) is 21.9 Å². The molecule has 6 heteroatoms. The predicted molar refractivity (Wildman–Crippen MR) is 52.6 cm³/mol. The molecule has 1 aromatic rings. The van der Waals surface area contributed by atoms with Crippen molar-refractivity contribution in [1.82, 2.24) is 10.2 Å². The second-order valence-electron chi connectivity index (χ2n) is 2.51. The van der Waals surface area contributed by atoms with Gasteiger partial charge in [0.2, 0.25) is 0 Å². The maximum absolute atomic E-state index is 11.3. The van der Waals surface area contributed by atoms with E-state index in [4.69, 9.17) is 27.9 Å². The summed E-state index contributed by atoms with van der Waals surface area (Å²) in [5.41, 5.74) is 0.139. The molecule has 4 nitrogen and oxygen atoms in total. The van der Waals surface area contributed by atoms with E-state index in [-0.39, 0.29) is 15.9 Å². The second kappa shape index (κ2) is 5.12. The molecule has 0 unspecified atom stereocenters. The first kappa shape index (κ1) is 11.2. The molecule has 1 aromatic heterocycles. The van der Waals surface area contributed by atoms with E-state index in [1.807, 2.05) is 6.92 Å². The summed E-state index contributed by atoms with van der Waals surface area (Å²) in [7, 11) is 0. The molecule has 0 amide bonds. The Balaban J connectivity index is 2.83. The molecule has 0 aromatic carbocycles. The molecule has 0 fully saturated rings. The van der Waals surface area contributed by atoms with Crippen LogP contribution in [0.1, 0.15) is 23.7 Å². The number of nitrogens with zero attached hydrogens (tertiary/aromatic N) is 2. The zero-order chi connectivity index (χ0) is 10.6. The predicted octanol–water partition coefficient (Wildman–Crippen LogP) is 2.35. The van der Waals surface area contributed by atoms with Gasteiger partial charge in [0, 0.05) is 0 Å². The average Bonchev–Trinajstić information content (AvgIpc) is 2.18. The molecule has 0 radical (unpaired) electrons. The highest BCUT2D eigenvalue weighted by molar-refractivity contribution is 6.33. The molecule has 0 spiro atoms. The fourth-order valence-electron chi connectivity index (χ4n) is 0.769. The third-order valence-electron chi connectivity index (χ3n) is 1.38. The molecule has 0 aliphatic heterocycles. The van der Waals surface area contributed by atoms with Crippen LogP contribution in [0.3, 0.4) is 0 Å². The molecule has 14 heavy (non-hydrogen) atoms. The van der Waals surface area contributed by atoms with Crippen molar-refractivity contribution in [2.75, 3.05) is 6.61 Å². The van der Waals surface area contributed by atoms with Crippen molar-refractivity contribution in [3.8, 4) is 0 Å². The van der Waals surface area contributed by atoms with Crippen LogP contribution in [0, 0.1) is 0 Å². The van der Waals surface area contributed by atoms with Gasteiger partial charge in [-0.25, -0.2) is 4.79 Å². The number of halogens is 2. The number of aromatic nitrogens is 2. The van der Waals surface area contributed by atoms with Gasteiger partial charge in [-0.1, -0.05) is 30.1 Å². The zero-order valence-corrected chi connectivity index (χ0v) is 8.97. The minimum Gasteiger partial charge on any atom is -0.462 e. The van der Waals surface area contributed by atoms with E-state index in [0.29, 0.717) is 6.61 Å². The molecule has 76 valence electrons. The molecule has 0 aliphatic carbocycles. The quantitative estimate of drug-likeness (QED) is 0.754. The molecule has 0 saturated carbocycles. The van der Waals surface area contributed by atoms with Crippen LogP contribution in [0.25, 0.3) is 0 Å². The minimum atomic E-state index is -0.534. The molecular weight excluding hydrogens is 227 g/mol. The monoisotopic (exact) mass is 234 g/mol. The number of carbonyl (C=O) groups excluding carboxylic acids is 1. The highest BCUT2D eigenvalue weighted by Crippen LogP contribution is 2.16. The third kappa shape index (κ3) is 2.82. The van der Waals surface area contributed by atoms with E-state index in [2.05, 4.69) is 10.2 Å². The van der Waals surface area contributed by atoms with E-state index >= 15 is 0 Å². The van der Waals surface area contributed by atoms with Gasteiger partial charge in [0.25, 0.3) is 0 Å². The van der Waals surface area contributed by atoms with E-state index in [9.17, 15) is 4.79 Å². The Kier molecular flexibility index (Phi) is 4.10. The molecule has 1 heterocycles. The van der Waals surface area contributed by atoms with Crippen LogP contribution in [0.2, 0.25) is 10.3 Å². The van der Waals surface area contributed by atoms with Gasteiger partial charge in [0.1, 0.15) is 5.56 Å². The number of rotatable bonds is 3. The van der Waals surface area contributed by atoms with E-state index in [0.717, 1.165) is 6.42 Å². The van der Waals surface area contributed by atoms with Crippen molar-refractivity contribution in [2.45, 2.75) is 13.3 Å². The van der Waals surface area contributed by atoms with Crippen LogP contribution in [-0.4, -0.2) is 22.8 Å². The third-order valence-corrected chi connectivity index (χ3v) is 1.84. The van der Waals surface area contributed by atoms with Crippen molar-refractivity contribution in [3.63, 3.8) is 0 Å². The van der Waals surface area contributed by atoms with Crippen molar-refractivity contribution < 1.29 is 9.53 Å². The Morgan fingerprint density at radius 3 is 2.86 bits per heavy atom. The normalized spacial score (nSPS) is 9.93. The second-order valence-corrected chi connectivity index (χ2v) is 3.25. The van der Waals surface area contributed by atoms with E-state index in [1.165, 1.54) is 6.07 Å². The van der Waals surface area contributed by atoms with Gasteiger partial charge >= 0.3 is 5.97 Å². The Hall–Kier alpha value is -0.870. The Morgan fingerprint density at radius 2 is 2.21 bits per heavy atom. The highest BCUT2D eigenvalue weighted by atomic mass is 35.5. The van der Waals surface area contributed by atoms with Gasteiger partial charge in [-0.2, -0.15) is 0 Å². The van der Waals surface area contributed by atoms with Gasteiger partial charge < -0.3 is 4.74 Å². The van der Waals surface area contributed by atoms with E-state index < -0.39 is 5.97 Å². The fourth-order valence-corrected chi connectivity index (χ4v) is 1.09. The Morgan fingerprint density at radius 1 is 1.50 bits per heavy atom. The summed E-state index contributed by atoms with van der Waals surface area (Å²) in [6.07, 6.45) is 0.746. The number of carbonyl (C=O) groups is 1. The summed E-state index contributed by atoms with van der Waals surface area (Å²) in [5, 5.41) is 7.07. The van der Waals surface area contributed by atoms with Crippen LogP contribution in [0.4, 0.5) is 0 Å². The number of hydrogen-bond acceptors (Lipinski definition) is 4. The Labute approximate surface area is 91.2 Å². The van der Waals surface area contributed by atoms with Crippen LogP contribution in [0.5, 0.6) is 0 Å². The lowest BCUT2D eigenvalue weighted by Gasteiger charge is -2.03. The molecule has 0 saturated heterocycles. The smallest absolute Gasteiger partial charge is 0.341 e. The number of hydrogen-bond donors (Lipinski definition) is 0. The number of ether oxygens (including phenoxy) is 1. The zero-order valence-electron chi connectivity index (χ0n) is 7.46. The van der Waals surface area contributed by atoms with Gasteiger partial charge in [0.05, 0.1) is 6.61 Å². The van der Waals surface area contributed by atoms with Crippen molar-refractivity contribution in [1.29, 1.82) is 0 Å². The Bertz CT molecular complexity index is 344. The lowest BCUT2D eigenvalue weighted by atomic mass is 10.3. The van der Waals surface area contributed by atoms with Crippen LogP contribution in [0.15, 0.2) is 6.07 Å². The molecule has 0 aliphatic rings. The first-order chi connectivity index (χ1) is 6.65. The summed E-state index contributed by atoms with van der Waals surface area (Å²) < 4.78 is 4.86. The lowest BCUT2D eigenvalue weighted by molar-refractivity contribution is 0.0504. The topological polar surface area (TPSA) is 52.1 Å². The molecule has 0 N–H and O–H groups in total. The fraction of sp³-hybridized carbons (Fsp3) is 0.375. The summed E-state index contributed by atoms with van der Waals surface area (Å²) in [4.78, 5) is 11.3. The van der Waals surface area contributed by atoms with Crippen LogP contribution < -0.4 is 0 Å². The minimum absolute atomic E-state index is 0.00416. The highest BCUT2D eigenvalue weighted by Gasteiger charge is 2.13. The molecular formula is C8H8Cl2N2O2. The summed E-state index contributed by atoms with van der Waals surface area (Å²) in [5.74, 6) is -0.534. The first-order valence-corrected chi connectivity index (χ1v) is 4.76. The van der Waals surface area contributed by atoms with E-state index in [1.54, 1.807) is 0 Å². The maximum Gasteiger partial charge on any atom is 0.341 e. The van der Waals surface area contributed by atoms with Crippen molar-refractivity contribution >= 4 is 29.2 Å². The van der Waals surface area contributed by atoms with Gasteiger partial charge in [-0.15, -0.1) is 10.2 Å². The SMILES string of the molecule is CCCOC(=O)c1cc(Cl)nnc1Cl. The summed E-state index contributed by atoms with van der Waals surface area (Å²) in [6, 6.07) is 1.33. The van der Waals surface area contributed by atoms with Crippen molar-refractivity contribution in [2.24, 2.45) is 0 Å². The van der Waals surface area contributed by atoms with Crippen LogP contribution in [-0.2, 0) is 4.74 Å². The van der Waals surface area contributed by atoms with Gasteiger partial charge in [0.15, 0.2) is 10.3 Å². The average molecular weight is 235 g/mol. The number of esters is 1. The largest absolute Gasteiger partial charge is 0.462 e. The standard InChI is InChI=1S/C8H8Cl2N2O2/c1-2-3-14-8(13)5-4-6(9)11-12-7(5)10/h4H,2-3H2,1H3. The molecule has 1 rings (SSSR count). The van der Waals surface area contributed by atoms with Crippen LogP contribution >= 0.6 is 23.2 Å². The summed E-state index contributed by atoms with van der Waals surface area (Å²) >= 11 is 11.2. The van der Waals surface area contributed by atoms with Gasteiger partial charge in [-0.3, -0.25) is 0 Å². The molecule has 0 bridgehead atoms. The maximum atomic E-state index is 11.3. The van der Waals surface area contributed by atoms with Gasteiger partial charge in [-0.05, 0) is 12.5 Å². The summed E-state index contributed by atoms with van der Waals surface area (Å²) in [6.45, 7) is 2.24. The lowest BCUT2D eigenvalue weighted by Crippen LogP contribution is -2.08. The molecule has 0 atom stereocenters. The first-order valence-electron chi connectivity index (χ1n) is 4.01.